The fourth-order valence-corrected chi connectivity index (χ4v) is 3.13. The van der Waals surface area contributed by atoms with E-state index in [1.54, 1.807) is 0 Å². The maximum absolute atomic E-state index is 12.4. The summed E-state index contributed by atoms with van der Waals surface area (Å²) >= 11 is 6.27. The Morgan fingerprint density at radius 1 is 1.13 bits per heavy atom. The van der Waals surface area contributed by atoms with Crippen LogP contribution in [0.25, 0.3) is 0 Å². The van der Waals surface area contributed by atoms with E-state index in [9.17, 15) is 4.79 Å². The fourth-order valence-electron chi connectivity index (χ4n) is 2.95. The third-order valence-electron chi connectivity index (χ3n) is 4.96. The van der Waals surface area contributed by atoms with Crippen molar-refractivity contribution < 1.29 is 4.79 Å². The molecule has 1 aromatic rings. The van der Waals surface area contributed by atoms with Gasteiger partial charge in [0.25, 0.3) is 0 Å². The minimum atomic E-state index is -0.274. The van der Waals surface area contributed by atoms with Crippen LogP contribution < -0.4 is 16.0 Å². The van der Waals surface area contributed by atoms with Crippen LogP contribution in [-0.2, 0) is 17.9 Å². The van der Waals surface area contributed by atoms with Crippen LogP contribution in [-0.4, -0.2) is 23.5 Å². The number of halogens is 1. The number of rotatable bonds is 8. The molecule has 1 aromatic carbocycles. The van der Waals surface area contributed by atoms with Crippen molar-refractivity contribution >= 4 is 17.5 Å². The van der Waals surface area contributed by atoms with Gasteiger partial charge in [0.05, 0.1) is 5.54 Å². The molecular formula is C18H24ClN3O. The van der Waals surface area contributed by atoms with Gasteiger partial charge in [0, 0.05) is 30.2 Å². The van der Waals surface area contributed by atoms with E-state index in [1.165, 1.54) is 25.7 Å². The molecular weight excluding hydrogens is 310 g/mol. The van der Waals surface area contributed by atoms with Crippen molar-refractivity contribution in [2.45, 2.75) is 69.2 Å². The Balaban J connectivity index is 1.32. The number of amides is 1. The van der Waals surface area contributed by atoms with Gasteiger partial charge in [-0.25, -0.2) is 0 Å². The molecule has 0 spiro atoms. The molecule has 0 saturated heterocycles. The molecule has 23 heavy (non-hydrogen) atoms. The lowest BCUT2D eigenvalue weighted by Crippen LogP contribution is -2.47. The first-order chi connectivity index (χ1) is 11.1. The second-order valence-electron chi connectivity index (χ2n) is 7.26. The van der Waals surface area contributed by atoms with E-state index in [0.717, 1.165) is 35.5 Å². The van der Waals surface area contributed by atoms with Crippen LogP contribution in [0.5, 0.6) is 0 Å². The summed E-state index contributed by atoms with van der Waals surface area (Å²) in [5.41, 5.74) is 1.95. The van der Waals surface area contributed by atoms with Crippen molar-refractivity contribution in [3.05, 3.63) is 34.3 Å². The Kier molecular flexibility index (Phi) is 4.08. The number of benzene rings is 1. The second-order valence-corrected chi connectivity index (χ2v) is 7.67. The molecule has 124 valence electrons. The summed E-state index contributed by atoms with van der Waals surface area (Å²) in [6.07, 6.45) is 6.89. The lowest BCUT2D eigenvalue weighted by atomic mass is 10.1. The molecule has 5 heteroatoms. The lowest BCUT2D eigenvalue weighted by molar-refractivity contribution is -0.124. The van der Waals surface area contributed by atoms with E-state index >= 15 is 0 Å². The summed E-state index contributed by atoms with van der Waals surface area (Å²) < 4.78 is 0. The molecule has 0 aliphatic heterocycles. The fraction of sp³-hybridized carbons (Fsp3) is 0.611. The SMILES string of the molecule is O=C(NCc1ccc(Cl)c(CNC2CC2)c1)C1(NC2CC2)CC1. The van der Waals surface area contributed by atoms with Crippen molar-refractivity contribution in [3.63, 3.8) is 0 Å². The highest BCUT2D eigenvalue weighted by Crippen LogP contribution is 2.39. The Labute approximate surface area is 142 Å². The van der Waals surface area contributed by atoms with Crippen LogP contribution in [0.1, 0.15) is 49.7 Å². The summed E-state index contributed by atoms with van der Waals surface area (Å²) in [7, 11) is 0. The predicted octanol–water partition coefficient (Wildman–Crippen LogP) is 2.49. The molecule has 0 radical (unpaired) electrons. The lowest BCUT2D eigenvalue weighted by Gasteiger charge is -2.17. The van der Waals surface area contributed by atoms with Crippen molar-refractivity contribution in [1.82, 2.24) is 16.0 Å². The number of hydrogen-bond acceptors (Lipinski definition) is 3. The van der Waals surface area contributed by atoms with Crippen molar-refractivity contribution in [2.24, 2.45) is 0 Å². The van der Waals surface area contributed by atoms with Gasteiger partial charge in [0.2, 0.25) is 5.91 Å². The second kappa shape index (κ2) is 6.08. The first-order valence-corrected chi connectivity index (χ1v) is 9.09. The molecule has 0 unspecified atom stereocenters. The van der Waals surface area contributed by atoms with E-state index < -0.39 is 0 Å². The molecule has 4 rings (SSSR count). The minimum absolute atomic E-state index is 0.150. The Hall–Kier alpha value is -1.10. The van der Waals surface area contributed by atoms with Crippen LogP contribution in [0.3, 0.4) is 0 Å². The highest BCUT2D eigenvalue weighted by molar-refractivity contribution is 6.31. The van der Waals surface area contributed by atoms with Gasteiger partial charge in [-0.2, -0.15) is 0 Å². The average molecular weight is 334 g/mol. The third kappa shape index (κ3) is 3.87. The summed E-state index contributed by atoms with van der Waals surface area (Å²) in [4.78, 5) is 12.4. The largest absolute Gasteiger partial charge is 0.350 e. The summed E-state index contributed by atoms with van der Waals surface area (Å²) in [6.45, 7) is 1.37. The van der Waals surface area contributed by atoms with Gasteiger partial charge < -0.3 is 16.0 Å². The first-order valence-electron chi connectivity index (χ1n) is 8.71. The van der Waals surface area contributed by atoms with Crippen LogP contribution in [0.4, 0.5) is 0 Å². The first kappa shape index (κ1) is 15.4. The highest BCUT2D eigenvalue weighted by atomic mass is 35.5. The number of nitrogens with one attached hydrogen (secondary N) is 3. The monoisotopic (exact) mass is 333 g/mol. The average Bonchev–Trinajstić information content (AvgIpc) is 3.40. The van der Waals surface area contributed by atoms with Gasteiger partial charge in [-0.1, -0.05) is 23.7 Å². The van der Waals surface area contributed by atoms with Gasteiger partial charge in [-0.3, -0.25) is 4.79 Å². The summed E-state index contributed by atoms with van der Waals surface area (Å²) in [6, 6.07) is 7.27. The summed E-state index contributed by atoms with van der Waals surface area (Å²) in [5.74, 6) is 0.150. The van der Waals surface area contributed by atoms with Gasteiger partial charge in [-0.15, -0.1) is 0 Å². The Bertz CT molecular complexity index is 606. The number of carbonyl (C=O) groups excluding carboxylic acids is 1. The quantitative estimate of drug-likeness (QED) is 0.685. The van der Waals surface area contributed by atoms with Crippen LogP contribution in [0.15, 0.2) is 18.2 Å². The van der Waals surface area contributed by atoms with E-state index in [4.69, 9.17) is 11.6 Å². The topological polar surface area (TPSA) is 53.2 Å². The van der Waals surface area contributed by atoms with E-state index in [1.807, 2.05) is 12.1 Å². The molecule has 0 bridgehead atoms. The molecule has 4 nitrogen and oxygen atoms in total. The zero-order chi connectivity index (χ0) is 15.9. The maximum atomic E-state index is 12.4. The zero-order valence-electron chi connectivity index (χ0n) is 13.3. The molecule has 0 atom stereocenters. The third-order valence-corrected chi connectivity index (χ3v) is 5.33. The molecule has 1 amide bonds. The van der Waals surface area contributed by atoms with E-state index in [-0.39, 0.29) is 11.4 Å². The van der Waals surface area contributed by atoms with Crippen molar-refractivity contribution in [2.75, 3.05) is 0 Å². The van der Waals surface area contributed by atoms with Gasteiger partial charge in [-0.05, 0) is 55.7 Å². The zero-order valence-corrected chi connectivity index (χ0v) is 14.1. The molecule has 3 saturated carbocycles. The smallest absolute Gasteiger partial charge is 0.240 e. The highest BCUT2D eigenvalue weighted by Gasteiger charge is 2.51. The van der Waals surface area contributed by atoms with Gasteiger partial charge >= 0.3 is 0 Å². The Morgan fingerprint density at radius 2 is 1.87 bits per heavy atom. The van der Waals surface area contributed by atoms with Gasteiger partial charge in [0.1, 0.15) is 0 Å². The van der Waals surface area contributed by atoms with E-state index in [2.05, 4.69) is 22.0 Å². The maximum Gasteiger partial charge on any atom is 0.240 e. The molecule has 0 aromatic heterocycles. The molecule has 0 heterocycles. The molecule has 3 aliphatic carbocycles. The van der Waals surface area contributed by atoms with Gasteiger partial charge in [0.15, 0.2) is 0 Å². The standard InChI is InChI=1S/C18H24ClN3O/c19-16-6-1-12(9-13(16)11-20-14-2-3-14)10-21-17(23)18(7-8-18)22-15-4-5-15/h1,6,9,14-15,20,22H,2-5,7-8,10-11H2,(H,21,23). The van der Waals surface area contributed by atoms with Crippen LogP contribution in [0.2, 0.25) is 5.02 Å². The molecule has 3 aliphatic rings. The summed E-state index contributed by atoms with van der Waals surface area (Å²) in [5, 5.41) is 10.9. The van der Waals surface area contributed by atoms with Crippen molar-refractivity contribution in [3.8, 4) is 0 Å². The normalized spacial score (nSPS) is 22.0. The minimum Gasteiger partial charge on any atom is -0.350 e. The van der Waals surface area contributed by atoms with Crippen molar-refractivity contribution in [1.29, 1.82) is 0 Å². The van der Waals surface area contributed by atoms with Crippen LogP contribution >= 0.6 is 11.6 Å². The van der Waals surface area contributed by atoms with Crippen LogP contribution in [0, 0.1) is 0 Å². The molecule has 3 N–H and O–H groups in total. The predicted molar refractivity (Wildman–Crippen MR) is 91.3 cm³/mol. The molecule has 3 fully saturated rings. The number of carbonyl (C=O) groups is 1. The van der Waals surface area contributed by atoms with E-state index in [0.29, 0.717) is 18.6 Å². The number of hydrogen-bond donors (Lipinski definition) is 3. The Morgan fingerprint density at radius 3 is 2.52 bits per heavy atom.